The normalized spacial score (nSPS) is 10.7. The van der Waals surface area contributed by atoms with Crippen LogP contribution in [-0.4, -0.2) is 11.5 Å². The molecule has 0 aliphatic heterocycles. The van der Waals surface area contributed by atoms with Gasteiger partial charge in [0.2, 0.25) is 0 Å². The molecule has 0 unspecified atom stereocenters. The third kappa shape index (κ3) is 4.58. The smallest absolute Gasteiger partial charge is 0.161 e. The Morgan fingerprint density at radius 2 is 1.94 bits per heavy atom. The van der Waals surface area contributed by atoms with E-state index < -0.39 is 0 Å². The van der Waals surface area contributed by atoms with Crippen molar-refractivity contribution in [3.05, 3.63) is 16.1 Å². The summed E-state index contributed by atoms with van der Waals surface area (Å²) >= 11 is 11.9. The van der Waals surface area contributed by atoms with Crippen LogP contribution in [0.1, 0.15) is 26.7 Å². The van der Waals surface area contributed by atoms with Gasteiger partial charge in [0.1, 0.15) is 5.82 Å². The van der Waals surface area contributed by atoms with Crippen LogP contribution in [0.2, 0.25) is 10.0 Å². The fraction of sp³-hybridized carbons (Fsp3) is 0.545. The summed E-state index contributed by atoms with van der Waals surface area (Å²) in [4.78, 5) is 4.20. The van der Waals surface area contributed by atoms with E-state index in [1.54, 1.807) is 6.07 Å². The first-order valence-electron chi connectivity index (χ1n) is 5.61. The Kier molecular flexibility index (Phi) is 5.82. The highest BCUT2D eigenvalue weighted by Crippen LogP contribution is 2.28. The number of hydrogen-bond acceptors (Lipinski definition) is 4. The van der Waals surface area contributed by atoms with Crippen molar-refractivity contribution >= 4 is 34.8 Å². The Hall–Kier alpha value is -0.710. The molecule has 0 radical (unpaired) electrons. The molecule has 1 aromatic rings. The van der Waals surface area contributed by atoms with Gasteiger partial charge in [-0.3, -0.25) is 0 Å². The number of aromatic nitrogens is 1. The van der Waals surface area contributed by atoms with Gasteiger partial charge in [-0.05, 0) is 24.8 Å². The third-order valence-electron chi connectivity index (χ3n) is 2.32. The lowest BCUT2D eigenvalue weighted by Gasteiger charge is -2.11. The predicted molar refractivity (Wildman–Crippen MR) is 74.6 cm³/mol. The van der Waals surface area contributed by atoms with Gasteiger partial charge in [0, 0.05) is 6.54 Å². The van der Waals surface area contributed by atoms with Crippen molar-refractivity contribution in [3.63, 3.8) is 0 Å². The Morgan fingerprint density at radius 1 is 1.29 bits per heavy atom. The topological polar surface area (TPSA) is 63.0 Å². The fourth-order valence-electron chi connectivity index (χ4n) is 1.41. The van der Waals surface area contributed by atoms with E-state index in [9.17, 15) is 0 Å². The molecule has 0 aliphatic carbocycles. The molecule has 4 nitrogen and oxygen atoms in total. The molecule has 96 valence electrons. The van der Waals surface area contributed by atoms with Gasteiger partial charge in [0.15, 0.2) is 5.82 Å². The summed E-state index contributed by atoms with van der Waals surface area (Å²) in [5.74, 6) is 7.02. The molecule has 6 heteroatoms. The van der Waals surface area contributed by atoms with Gasteiger partial charge < -0.3 is 10.7 Å². The summed E-state index contributed by atoms with van der Waals surface area (Å²) in [5, 5.41) is 4.08. The van der Waals surface area contributed by atoms with Gasteiger partial charge in [-0.25, -0.2) is 10.8 Å². The second-order valence-electron chi connectivity index (χ2n) is 4.26. The zero-order chi connectivity index (χ0) is 12.8. The lowest BCUT2D eigenvalue weighted by atomic mass is 10.1. The Labute approximate surface area is 112 Å². The van der Waals surface area contributed by atoms with E-state index in [2.05, 4.69) is 29.6 Å². The van der Waals surface area contributed by atoms with Crippen molar-refractivity contribution in [2.75, 3.05) is 17.3 Å². The van der Waals surface area contributed by atoms with Gasteiger partial charge in [-0.1, -0.05) is 37.0 Å². The van der Waals surface area contributed by atoms with Crippen molar-refractivity contribution in [3.8, 4) is 0 Å². The molecule has 17 heavy (non-hydrogen) atoms. The molecule has 0 saturated carbocycles. The zero-order valence-electron chi connectivity index (χ0n) is 10.1. The molecular weight excluding hydrogens is 259 g/mol. The SMILES string of the molecule is CC(C)CCCNc1nc(NN)c(Cl)cc1Cl. The number of hydrazine groups is 1. The summed E-state index contributed by atoms with van der Waals surface area (Å²) in [5.41, 5.74) is 2.43. The van der Waals surface area contributed by atoms with E-state index in [0.717, 1.165) is 13.0 Å². The maximum atomic E-state index is 6.02. The maximum Gasteiger partial charge on any atom is 0.161 e. The van der Waals surface area contributed by atoms with Crippen LogP contribution < -0.4 is 16.6 Å². The van der Waals surface area contributed by atoms with E-state index >= 15 is 0 Å². The van der Waals surface area contributed by atoms with Crippen LogP contribution in [0.5, 0.6) is 0 Å². The van der Waals surface area contributed by atoms with Crippen LogP contribution in [0, 0.1) is 5.92 Å². The van der Waals surface area contributed by atoms with Crippen LogP contribution in [-0.2, 0) is 0 Å². The second-order valence-corrected chi connectivity index (χ2v) is 5.07. The monoisotopic (exact) mass is 276 g/mol. The minimum Gasteiger partial charge on any atom is -0.369 e. The molecule has 4 N–H and O–H groups in total. The summed E-state index contributed by atoms with van der Waals surface area (Å²) in [7, 11) is 0. The van der Waals surface area contributed by atoms with Crippen LogP contribution in [0.3, 0.4) is 0 Å². The van der Waals surface area contributed by atoms with Crippen LogP contribution in [0.4, 0.5) is 11.6 Å². The first-order valence-corrected chi connectivity index (χ1v) is 6.36. The fourth-order valence-corrected chi connectivity index (χ4v) is 1.89. The second kappa shape index (κ2) is 6.89. The van der Waals surface area contributed by atoms with E-state index in [1.165, 1.54) is 6.42 Å². The van der Waals surface area contributed by atoms with E-state index in [0.29, 0.717) is 27.6 Å². The van der Waals surface area contributed by atoms with Gasteiger partial charge in [0.05, 0.1) is 10.0 Å². The first-order chi connectivity index (χ1) is 8.04. The summed E-state index contributed by atoms with van der Waals surface area (Å²) in [6, 6.07) is 1.62. The van der Waals surface area contributed by atoms with E-state index in [4.69, 9.17) is 29.0 Å². The van der Waals surface area contributed by atoms with Crippen molar-refractivity contribution in [1.82, 2.24) is 4.98 Å². The van der Waals surface area contributed by atoms with Crippen LogP contribution in [0.25, 0.3) is 0 Å². The van der Waals surface area contributed by atoms with Crippen molar-refractivity contribution in [2.24, 2.45) is 11.8 Å². The minimum atomic E-state index is 0.408. The van der Waals surface area contributed by atoms with Crippen LogP contribution >= 0.6 is 23.2 Å². The minimum absolute atomic E-state index is 0.408. The number of halogens is 2. The number of rotatable bonds is 6. The van der Waals surface area contributed by atoms with Crippen LogP contribution in [0.15, 0.2) is 6.07 Å². The van der Waals surface area contributed by atoms with Crippen molar-refractivity contribution < 1.29 is 0 Å². The van der Waals surface area contributed by atoms with Crippen molar-refractivity contribution in [1.29, 1.82) is 0 Å². The summed E-state index contributed by atoms with van der Waals surface area (Å²) in [6.07, 6.45) is 2.24. The number of nitrogens with one attached hydrogen (secondary N) is 2. The largest absolute Gasteiger partial charge is 0.369 e. The van der Waals surface area contributed by atoms with Gasteiger partial charge in [-0.15, -0.1) is 0 Å². The Balaban J connectivity index is 2.58. The molecule has 1 heterocycles. The molecule has 0 aromatic carbocycles. The summed E-state index contributed by atoms with van der Waals surface area (Å²) < 4.78 is 0. The number of anilines is 2. The van der Waals surface area contributed by atoms with Gasteiger partial charge >= 0.3 is 0 Å². The average molecular weight is 277 g/mol. The first kappa shape index (κ1) is 14.4. The highest BCUT2D eigenvalue weighted by Gasteiger charge is 2.07. The lowest BCUT2D eigenvalue weighted by molar-refractivity contribution is 0.567. The molecule has 1 rings (SSSR count). The molecule has 0 fully saturated rings. The lowest BCUT2D eigenvalue weighted by Crippen LogP contribution is -2.11. The average Bonchev–Trinajstić information content (AvgIpc) is 2.26. The van der Waals surface area contributed by atoms with Gasteiger partial charge in [0.25, 0.3) is 0 Å². The third-order valence-corrected chi connectivity index (χ3v) is 2.89. The molecular formula is C11H18Cl2N4. The molecule has 0 bridgehead atoms. The molecule has 0 amide bonds. The Morgan fingerprint density at radius 3 is 2.53 bits per heavy atom. The Bertz CT molecular complexity index is 369. The number of nitrogens with zero attached hydrogens (tertiary/aromatic N) is 1. The quantitative estimate of drug-likeness (QED) is 0.423. The molecule has 1 aromatic heterocycles. The van der Waals surface area contributed by atoms with E-state index in [-0.39, 0.29) is 0 Å². The highest BCUT2D eigenvalue weighted by atomic mass is 35.5. The molecule has 0 aliphatic rings. The standard InChI is InChI=1S/C11H18Cl2N4/c1-7(2)4-3-5-15-10-8(12)6-9(13)11(16-10)17-14/h6-7H,3-5,14H2,1-2H3,(H2,15,16,17). The van der Waals surface area contributed by atoms with Gasteiger partial charge in [-0.2, -0.15) is 0 Å². The predicted octanol–water partition coefficient (Wildman–Crippen LogP) is 3.52. The van der Waals surface area contributed by atoms with Crippen molar-refractivity contribution in [2.45, 2.75) is 26.7 Å². The van der Waals surface area contributed by atoms with E-state index in [1.807, 2.05) is 0 Å². The number of nitrogens with two attached hydrogens (primary N) is 1. The maximum absolute atomic E-state index is 6.02. The molecule has 0 saturated heterocycles. The number of pyridine rings is 1. The highest BCUT2D eigenvalue weighted by molar-refractivity contribution is 6.37. The summed E-state index contributed by atoms with van der Waals surface area (Å²) in [6.45, 7) is 5.23. The molecule has 0 atom stereocenters. The zero-order valence-corrected chi connectivity index (χ0v) is 11.6. The number of hydrogen-bond donors (Lipinski definition) is 3. The molecule has 0 spiro atoms. The number of nitrogen functional groups attached to an aromatic ring is 1.